The highest BCUT2D eigenvalue weighted by molar-refractivity contribution is 7.10. The Morgan fingerprint density at radius 3 is 2.54 bits per heavy atom. The molecule has 2 aliphatic rings. The SMILES string of the molecule is O=C(CCn1ccc(=O)[nH]c1=O)N1CCN(C(=O)C2CC2c2cccs2)CC1. The molecule has 0 spiro atoms. The third kappa shape index (κ3) is 3.94. The van der Waals surface area contributed by atoms with Crippen LogP contribution in [0.4, 0.5) is 0 Å². The van der Waals surface area contributed by atoms with Gasteiger partial charge < -0.3 is 14.4 Å². The lowest BCUT2D eigenvalue weighted by Crippen LogP contribution is -2.51. The lowest BCUT2D eigenvalue weighted by molar-refractivity contribution is -0.140. The Labute approximate surface area is 165 Å². The Balaban J connectivity index is 1.25. The molecule has 1 N–H and O–H groups in total. The number of hydrogen-bond acceptors (Lipinski definition) is 5. The second-order valence-electron chi connectivity index (χ2n) is 7.22. The van der Waals surface area contributed by atoms with Crippen LogP contribution in [0.25, 0.3) is 0 Å². The number of nitrogens with one attached hydrogen (secondary N) is 1. The van der Waals surface area contributed by atoms with Crippen LogP contribution in [0.2, 0.25) is 0 Å². The van der Waals surface area contributed by atoms with Crippen molar-refractivity contribution in [1.29, 1.82) is 0 Å². The summed E-state index contributed by atoms with van der Waals surface area (Å²) in [6, 6.07) is 5.37. The Bertz CT molecular complexity index is 972. The van der Waals surface area contributed by atoms with Crippen molar-refractivity contribution in [2.75, 3.05) is 26.2 Å². The standard InChI is InChI=1S/C19H22N4O4S/c24-16-3-5-23(19(27)20-16)6-4-17(25)21-7-9-22(10-8-21)18(26)14-12-13(14)15-2-1-11-28-15/h1-3,5,11,13-14H,4,6-10,12H2,(H,20,24,27). The Hall–Kier alpha value is -2.68. The zero-order chi connectivity index (χ0) is 19.7. The number of amides is 2. The smallest absolute Gasteiger partial charge is 0.328 e. The van der Waals surface area contributed by atoms with E-state index in [-0.39, 0.29) is 30.7 Å². The van der Waals surface area contributed by atoms with E-state index in [9.17, 15) is 19.2 Å². The van der Waals surface area contributed by atoms with Crippen LogP contribution in [-0.2, 0) is 16.1 Å². The number of thiophene rings is 1. The Morgan fingerprint density at radius 2 is 1.86 bits per heavy atom. The molecule has 4 rings (SSSR count). The number of H-pyrrole nitrogens is 1. The summed E-state index contributed by atoms with van der Waals surface area (Å²) >= 11 is 1.70. The lowest BCUT2D eigenvalue weighted by atomic mass is 10.2. The molecule has 2 amide bonds. The highest BCUT2D eigenvalue weighted by atomic mass is 32.1. The lowest BCUT2D eigenvalue weighted by Gasteiger charge is -2.35. The average molecular weight is 402 g/mol. The fraction of sp³-hybridized carbons (Fsp3) is 0.474. The molecule has 2 unspecified atom stereocenters. The molecular formula is C19H22N4O4S. The van der Waals surface area contributed by atoms with Crippen LogP contribution >= 0.6 is 11.3 Å². The number of rotatable bonds is 5. The van der Waals surface area contributed by atoms with Crippen LogP contribution in [0.3, 0.4) is 0 Å². The summed E-state index contributed by atoms with van der Waals surface area (Å²) in [4.78, 5) is 54.9. The first-order valence-corrected chi connectivity index (χ1v) is 10.3. The van der Waals surface area contributed by atoms with Gasteiger partial charge in [0.1, 0.15) is 0 Å². The van der Waals surface area contributed by atoms with E-state index in [0.29, 0.717) is 32.1 Å². The van der Waals surface area contributed by atoms with Crippen LogP contribution in [-0.4, -0.2) is 57.3 Å². The van der Waals surface area contributed by atoms with Gasteiger partial charge in [-0.25, -0.2) is 4.79 Å². The molecule has 1 aliphatic carbocycles. The first kappa shape index (κ1) is 18.7. The summed E-state index contributed by atoms with van der Waals surface area (Å²) in [7, 11) is 0. The molecular weight excluding hydrogens is 380 g/mol. The van der Waals surface area contributed by atoms with E-state index in [0.717, 1.165) is 6.42 Å². The molecule has 0 aromatic carbocycles. The molecule has 1 saturated heterocycles. The third-order valence-electron chi connectivity index (χ3n) is 5.42. The van der Waals surface area contributed by atoms with E-state index in [1.807, 2.05) is 16.3 Å². The maximum absolute atomic E-state index is 12.7. The maximum atomic E-state index is 12.7. The van der Waals surface area contributed by atoms with E-state index in [1.54, 1.807) is 16.2 Å². The van der Waals surface area contributed by atoms with Gasteiger partial charge in [-0.05, 0) is 17.9 Å². The van der Waals surface area contributed by atoms with Crippen LogP contribution in [0.5, 0.6) is 0 Å². The quantitative estimate of drug-likeness (QED) is 0.786. The van der Waals surface area contributed by atoms with Crippen LogP contribution < -0.4 is 11.2 Å². The number of carbonyl (C=O) groups excluding carboxylic acids is 2. The van der Waals surface area contributed by atoms with Gasteiger partial charge in [0.05, 0.1) is 0 Å². The fourth-order valence-electron chi connectivity index (χ4n) is 3.69. The minimum absolute atomic E-state index is 0.0481. The second kappa shape index (κ2) is 7.75. The predicted molar refractivity (Wildman–Crippen MR) is 104 cm³/mol. The number of hydrogen-bond donors (Lipinski definition) is 1. The molecule has 1 aliphatic heterocycles. The van der Waals surface area contributed by atoms with E-state index in [4.69, 9.17) is 0 Å². The molecule has 1 saturated carbocycles. The number of aryl methyl sites for hydroxylation is 1. The van der Waals surface area contributed by atoms with Gasteiger partial charge in [0.25, 0.3) is 5.56 Å². The van der Waals surface area contributed by atoms with Crippen molar-refractivity contribution in [3.8, 4) is 0 Å². The predicted octanol–water partition coefficient (Wildman–Crippen LogP) is 0.463. The molecule has 28 heavy (non-hydrogen) atoms. The van der Waals surface area contributed by atoms with Crippen LogP contribution in [0.15, 0.2) is 39.4 Å². The highest BCUT2D eigenvalue weighted by Crippen LogP contribution is 2.50. The highest BCUT2D eigenvalue weighted by Gasteiger charge is 2.46. The average Bonchev–Trinajstić information content (AvgIpc) is 3.31. The monoisotopic (exact) mass is 402 g/mol. The van der Waals surface area contributed by atoms with E-state index < -0.39 is 11.2 Å². The summed E-state index contributed by atoms with van der Waals surface area (Å²) < 4.78 is 1.32. The number of aromatic nitrogens is 2. The minimum atomic E-state index is -0.513. The third-order valence-corrected chi connectivity index (χ3v) is 6.43. The zero-order valence-electron chi connectivity index (χ0n) is 15.4. The van der Waals surface area contributed by atoms with Crippen LogP contribution in [0.1, 0.15) is 23.6 Å². The summed E-state index contributed by atoms with van der Waals surface area (Å²) in [5, 5.41) is 2.04. The molecule has 148 valence electrons. The Kier molecular flexibility index (Phi) is 5.17. The largest absolute Gasteiger partial charge is 0.339 e. The van der Waals surface area contributed by atoms with Gasteiger partial charge in [-0.3, -0.25) is 19.4 Å². The number of carbonyl (C=O) groups is 2. The van der Waals surface area contributed by atoms with E-state index in [2.05, 4.69) is 11.1 Å². The van der Waals surface area contributed by atoms with Crippen molar-refractivity contribution >= 4 is 23.2 Å². The molecule has 2 aromatic heterocycles. The van der Waals surface area contributed by atoms with Gasteiger partial charge in [-0.1, -0.05) is 6.07 Å². The van der Waals surface area contributed by atoms with E-state index in [1.165, 1.54) is 21.7 Å². The molecule has 9 heteroatoms. The summed E-state index contributed by atoms with van der Waals surface area (Å²) in [6.07, 6.45) is 2.50. The normalized spacial score (nSPS) is 21.6. The number of nitrogens with zero attached hydrogens (tertiary/aromatic N) is 3. The summed E-state index contributed by atoms with van der Waals surface area (Å²) in [6.45, 7) is 2.36. The molecule has 2 aromatic rings. The van der Waals surface area contributed by atoms with Gasteiger partial charge >= 0.3 is 5.69 Å². The van der Waals surface area contributed by atoms with Gasteiger partial charge in [0.2, 0.25) is 11.8 Å². The van der Waals surface area contributed by atoms with Crippen molar-refractivity contribution in [3.63, 3.8) is 0 Å². The second-order valence-corrected chi connectivity index (χ2v) is 8.20. The Morgan fingerprint density at radius 1 is 1.11 bits per heavy atom. The minimum Gasteiger partial charge on any atom is -0.339 e. The fourth-order valence-corrected chi connectivity index (χ4v) is 4.60. The molecule has 0 bridgehead atoms. The summed E-state index contributed by atoms with van der Waals surface area (Å²) in [5.74, 6) is 0.606. The zero-order valence-corrected chi connectivity index (χ0v) is 16.2. The maximum Gasteiger partial charge on any atom is 0.328 e. The molecule has 0 radical (unpaired) electrons. The molecule has 2 atom stereocenters. The van der Waals surface area contributed by atoms with Crippen molar-refractivity contribution in [3.05, 3.63) is 55.5 Å². The molecule has 3 heterocycles. The van der Waals surface area contributed by atoms with Gasteiger partial charge in [-0.15, -0.1) is 11.3 Å². The number of piperazine rings is 1. The molecule has 2 fully saturated rings. The van der Waals surface area contributed by atoms with Crippen molar-refractivity contribution in [2.24, 2.45) is 5.92 Å². The van der Waals surface area contributed by atoms with Gasteiger partial charge in [-0.2, -0.15) is 0 Å². The van der Waals surface area contributed by atoms with E-state index >= 15 is 0 Å². The van der Waals surface area contributed by atoms with Crippen molar-refractivity contribution < 1.29 is 9.59 Å². The summed E-state index contributed by atoms with van der Waals surface area (Å²) in [5.41, 5.74) is -0.967. The van der Waals surface area contributed by atoms with Crippen LogP contribution in [0, 0.1) is 5.92 Å². The number of aromatic amines is 1. The van der Waals surface area contributed by atoms with Crippen molar-refractivity contribution in [1.82, 2.24) is 19.4 Å². The van der Waals surface area contributed by atoms with Gasteiger partial charge in [0.15, 0.2) is 0 Å². The van der Waals surface area contributed by atoms with Crippen molar-refractivity contribution in [2.45, 2.75) is 25.3 Å². The first-order valence-electron chi connectivity index (χ1n) is 9.42. The first-order chi connectivity index (χ1) is 13.5. The molecule has 8 nitrogen and oxygen atoms in total. The topological polar surface area (TPSA) is 95.5 Å². The van der Waals surface area contributed by atoms with Gasteiger partial charge in [0, 0.05) is 68.1 Å².